The lowest BCUT2D eigenvalue weighted by molar-refractivity contribution is 0.0719. The van der Waals surface area contributed by atoms with Gasteiger partial charge in [0, 0.05) is 6.04 Å². The van der Waals surface area contributed by atoms with Crippen molar-refractivity contribution in [2.75, 3.05) is 6.54 Å². The zero-order valence-corrected chi connectivity index (χ0v) is 13.7. The van der Waals surface area contributed by atoms with Crippen LogP contribution in [0.5, 0.6) is 5.75 Å². The Morgan fingerprint density at radius 2 is 2.10 bits per heavy atom. The number of halogens is 1. The van der Waals surface area contributed by atoms with E-state index in [-0.39, 0.29) is 11.9 Å². The average Bonchev–Trinajstić information content (AvgIpc) is 2.43. The smallest absolute Gasteiger partial charge is 0.123 e. The molecule has 0 aliphatic heterocycles. The zero-order valence-electron chi connectivity index (χ0n) is 13.7. The highest BCUT2D eigenvalue weighted by Gasteiger charge is 2.33. The van der Waals surface area contributed by atoms with E-state index in [0.29, 0.717) is 17.9 Å². The maximum Gasteiger partial charge on any atom is 0.123 e. The van der Waals surface area contributed by atoms with Crippen LogP contribution in [-0.4, -0.2) is 18.7 Å². The summed E-state index contributed by atoms with van der Waals surface area (Å²) >= 11 is 0. The molecule has 1 aromatic rings. The number of nitrogens with one attached hydrogen (secondary N) is 1. The topological polar surface area (TPSA) is 21.3 Å². The maximum atomic E-state index is 13.2. The predicted octanol–water partition coefficient (Wildman–Crippen LogP) is 4.32. The number of ether oxygens (including phenoxy) is 1. The Labute approximate surface area is 128 Å². The lowest BCUT2D eigenvalue weighted by Gasteiger charge is -2.38. The molecule has 3 heteroatoms. The van der Waals surface area contributed by atoms with Crippen molar-refractivity contribution < 1.29 is 9.13 Å². The first kappa shape index (κ1) is 16.3. The van der Waals surface area contributed by atoms with Gasteiger partial charge in [-0.15, -0.1) is 0 Å². The largest absolute Gasteiger partial charge is 0.489 e. The van der Waals surface area contributed by atoms with Crippen molar-refractivity contribution in [1.82, 2.24) is 5.32 Å². The van der Waals surface area contributed by atoms with Crippen LogP contribution in [0.15, 0.2) is 18.2 Å². The molecule has 118 valence electrons. The Hall–Kier alpha value is -1.09. The third kappa shape index (κ3) is 4.19. The van der Waals surface area contributed by atoms with Gasteiger partial charge in [-0.3, -0.25) is 0 Å². The Morgan fingerprint density at radius 3 is 2.71 bits per heavy atom. The Balaban J connectivity index is 2.11. The van der Waals surface area contributed by atoms with Crippen molar-refractivity contribution in [2.45, 2.75) is 59.1 Å². The number of rotatable bonds is 5. The standard InChI is InChI=1S/C18H28FNO/c1-5-20-16-8-6-14(12(2)3)11-18(16)21-17-9-7-15(19)10-13(17)4/h7,9-10,12,14,16,18,20H,5-6,8,11H2,1-4H3. The van der Waals surface area contributed by atoms with Crippen molar-refractivity contribution in [3.63, 3.8) is 0 Å². The average molecular weight is 293 g/mol. The van der Waals surface area contributed by atoms with Gasteiger partial charge in [-0.2, -0.15) is 0 Å². The van der Waals surface area contributed by atoms with E-state index < -0.39 is 0 Å². The molecule has 3 unspecified atom stereocenters. The first-order chi connectivity index (χ1) is 10.0. The van der Waals surface area contributed by atoms with Crippen LogP contribution in [0, 0.1) is 24.6 Å². The van der Waals surface area contributed by atoms with Crippen LogP contribution in [0.3, 0.4) is 0 Å². The van der Waals surface area contributed by atoms with E-state index in [1.54, 1.807) is 12.1 Å². The van der Waals surface area contributed by atoms with Crippen molar-refractivity contribution >= 4 is 0 Å². The lowest BCUT2D eigenvalue weighted by Crippen LogP contribution is -2.47. The molecule has 0 heterocycles. The van der Waals surface area contributed by atoms with Crippen LogP contribution in [0.4, 0.5) is 4.39 Å². The predicted molar refractivity (Wildman–Crippen MR) is 85.2 cm³/mol. The van der Waals surface area contributed by atoms with Gasteiger partial charge < -0.3 is 10.1 Å². The molecule has 1 aliphatic carbocycles. The second-order valence-electron chi connectivity index (χ2n) is 6.55. The Bertz CT molecular complexity index is 461. The maximum absolute atomic E-state index is 13.2. The summed E-state index contributed by atoms with van der Waals surface area (Å²) in [5.74, 6) is 2.01. The normalized spacial score (nSPS) is 26.1. The van der Waals surface area contributed by atoms with Gasteiger partial charge in [0.25, 0.3) is 0 Å². The van der Waals surface area contributed by atoms with Gasteiger partial charge in [-0.1, -0.05) is 20.8 Å². The molecular weight excluding hydrogens is 265 g/mol. The van der Waals surface area contributed by atoms with E-state index in [0.717, 1.165) is 30.7 Å². The summed E-state index contributed by atoms with van der Waals surface area (Å²) in [5.41, 5.74) is 0.872. The van der Waals surface area contributed by atoms with Crippen LogP contribution < -0.4 is 10.1 Å². The molecule has 21 heavy (non-hydrogen) atoms. The molecule has 1 aliphatic rings. The van der Waals surface area contributed by atoms with Crippen molar-refractivity contribution in [3.8, 4) is 5.75 Å². The molecule has 3 atom stereocenters. The van der Waals surface area contributed by atoms with Crippen LogP contribution in [0.25, 0.3) is 0 Å². The number of hydrogen-bond acceptors (Lipinski definition) is 2. The van der Waals surface area contributed by atoms with Crippen LogP contribution in [-0.2, 0) is 0 Å². The molecular formula is C18H28FNO. The number of aryl methyl sites for hydroxylation is 1. The van der Waals surface area contributed by atoms with E-state index in [2.05, 4.69) is 26.1 Å². The summed E-state index contributed by atoms with van der Waals surface area (Å²) in [6, 6.07) is 5.18. The fourth-order valence-corrected chi connectivity index (χ4v) is 3.30. The van der Waals surface area contributed by atoms with E-state index >= 15 is 0 Å². The van der Waals surface area contributed by atoms with Gasteiger partial charge >= 0.3 is 0 Å². The second kappa shape index (κ2) is 7.26. The Kier molecular flexibility index (Phi) is 5.63. The first-order valence-corrected chi connectivity index (χ1v) is 8.17. The van der Waals surface area contributed by atoms with E-state index in [1.165, 1.54) is 12.5 Å². The molecule has 0 aromatic heterocycles. The Morgan fingerprint density at radius 1 is 1.33 bits per heavy atom. The molecule has 0 amide bonds. The molecule has 2 rings (SSSR count). The highest BCUT2D eigenvalue weighted by Crippen LogP contribution is 2.33. The van der Waals surface area contributed by atoms with E-state index in [9.17, 15) is 4.39 Å². The third-order valence-electron chi connectivity index (χ3n) is 4.66. The van der Waals surface area contributed by atoms with E-state index in [1.807, 2.05) is 6.92 Å². The van der Waals surface area contributed by atoms with Crippen molar-refractivity contribution in [2.24, 2.45) is 11.8 Å². The van der Waals surface area contributed by atoms with Gasteiger partial charge in [0.2, 0.25) is 0 Å². The molecule has 2 nitrogen and oxygen atoms in total. The van der Waals surface area contributed by atoms with E-state index in [4.69, 9.17) is 4.74 Å². The first-order valence-electron chi connectivity index (χ1n) is 8.17. The second-order valence-corrected chi connectivity index (χ2v) is 6.55. The fraction of sp³-hybridized carbons (Fsp3) is 0.667. The highest BCUT2D eigenvalue weighted by molar-refractivity contribution is 5.33. The van der Waals surface area contributed by atoms with Gasteiger partial charge in [0.1, 0.15) is 17.7 Å². The summed E-state index contributed by atoms with van der Waals surface area (Å²) in [7, 11) is 0. The summed E-state index contributed by atoms with van der Waals surface area (Å²) in [5, 5.41) is 3.55. The van der Waals surface area contributed by atoms with Crippen molar-refractivity contribution in [3.05, 3.63) is 29.6 Å². The third-order valence-corrected chi connectivity index (χ3v) is 4.66. The molecule has 0 saturated heterocycles. The zero-order chi connectivity index (χ0) is 15.4. The quantitative estimate of drug-likeness (QED) is 0.873. The molecule has 0 radical (unpaired) electrons. The van der Waals surface area contributed by atoms with Gasteiger partial charge in [0.05, 0.1) is 0 Å². The van der Waals surface area contributed by atoms with Crippen LogP contribution >= 0.6 is 0 Å². The lowest BCUT2D eigenvalue weighted by atomic mass is 9.78. The minimum atomic E-state index is -0.202. The van der Waals surface area contributed by atoms with Gasteiger partial charge in [-0.05, 0) is 68.3 Å². The minimum absolute atomic E-state index is 0.176. The summed E-state index contributed by atoms with van der Waals surface area (Å²) in [6.45, 7) is 9.58. The molecule has 0 spiro atoms. The molecule has 1 saturated carbocycles. The number of likely N-dealkylation sites (N-methyl/N-ethyl adjacent to an activating group) is 1. The minimum Gasteiger partial charge on any atom is -0.489 e. The molecule has 0 bridgehead atoms. The van der Waals surface area contributed by atoms with Crippen LogP contribution in [0.1, 0.15) is 45.6 Å². The fourth-order valence-electron chi connectivity index (χ4n) is 3.30. The molecule has 1 fully saturated rings. The number of benzene rings is 1. The summed E-state index contributed by atoms with van der Waals surface area (Å²) in [6.07, 6.45) is 3.67. The SMILES string of the molecule is CCNC1CCC(C(C)C)CC1Oc1ccc(F)cc1C. The van der Waals surface area contributed by atoms with Crippen molar-refractivity contribution in [1.29, 1.82) is 0 Å². The monoisotopic (exact) mass is 293 g/mol. The molecule has 1 aromatic carbocycles. The highest BCUT2D eigenvalue weighted by atomic mass is 19.1. The molecule has 1 N–H and O–H groups in total. The number of hydrogen-bond donors (Lipinski definition) is 1. The summed E-state index contributed by atoms with van der Waals surface area (Å²) < 4.78 is 19.5. The van der Waals surface area contributed by atoms with Gasteiger partial charge in [0.15, 0.2) is 0 Å². The van der Waals surface area contributed by atoms with Crippen LogP contribution in [0.2, 0.25) is 0 Å². The summed E-state index contributed by atoms with van der Waals surface area (Å²) in [4.78, 5) is 0. The van der Waals surface area contributed by atoms with Gasteiger partial charge in [-0.25, -0.2) is 4.39 Å².